The molecule has 1 aliphatic heterocycles. The first-order chi connectivity index (χ1) is 13.5. The number of hydroxylamine groups is 2. The van der Waals surface area contributed by atoms with E-state index in [9.17, 15) is 22.8 Å². The lowest BCUT2D eigenvalue weighted by molar-refractivity contribution is -0.166. The molecule has 1 aliphatic rings. The molecule has 2 aromatic rings. The summed E-state index contributed by atoms with van der Waals surface area (Å²) in [4.78, 5) is 41.5. The number of hydrogen-bond acceptors (Lipinski definition) is 6. The van der Waals surface area contributed by atoms with Gasteiger partial charge in [0.05, 0.1) is 16.0 Å². The van der Waals surface area contributed by atoms with Crippen LogP contribution in [0.25, 0.3) is 0 Å². The minimum atomic E-state index is -4.02. The van der Waals surface area contributed by atoms with Gasteiger partial charge in [0.2, 0.25) is 10.0 Å². The number of fused-ring (bicyclic) bond motifs is 1. The summed E-state index contributed by atoms with van der Waals surface area (Å²) in [7, 11) is -4.02. The highest BCUT2D eigenvalue weighted by Crippen LogP contribution is 2.26. The van der Waals surface area contributed by atoms with Gasteiger partial charge in [-0.25, -0.2) is 13.2 Å². The lowest BCUT2D eigenvalue weighted by atomic mass is 10.0. The molecule has 1 heterocycles. The molecule has 0 fully saturated rings. The third kappa shape index (κ3) is 3.66. The number of amides is 2. The highest BCUT2D eigenvalue weighted by atomic mass is 32.2. The maximum Gasteiger partial charge on any atom is 0.347 e. The molecule has 0 aliphatic carbocycles. The van der Waals surface area contributed by atoms with Crippen LogP contribution in [0.3, 0.4) is 0 Å². The zero-order chi connectivity index (χ0) is 21.5. The number of sulfonamides is 1. The van der Waals surface area contributed by atoms with Gasteiger partial charge in [-0.2, -0.15) is 4.72 Å². The Hall–Kier alpha value is -3.04. The van der Waals surface area contributed by atoms with Crippen molar-refractivity contribution in [1.29, 1.82) is 0 Å². The Balaban J connectivity index is 1.74. The Morgan fingerprint density at radius 1 is 0.966 bits per heavy atom. The summed E-state index contributed by atoms with van der Waals surface area (Å²) >= 11 is 0. The highest BCUT2D eigenvalue weighted by Gasteiger charge is 2.38. The smallest absolute Gasteiger partial charge is 0.328 e. The Kier molecular flexibility index (Phi) is 5.29. The molecule has 2 aromatic carbocycles. The molecule has 9 heteroatoms. The molecule has 0 atom stereocenters. The van der Waals surface area contributed by atoms with Gasteiger partial charge >= 0.3 is 5.97 Å². The van der Waals surface area contributed by atoms with Gasteiger partial charge < -0.3 is 4.84 Å². The first kappa shape index (κ1) is 20.7. The summed E-state index contributed by atoms with van der Waals surface area (Å²) in [6, 6.07) is 7.94. The average molecular weight is 416 g/mol. The van der Waals surface area contributed by atoms with Crippen LogP contribution in [0.1, 0.15) is 43.0 Å². The number of carbonyl (C=O) groups is 3. The summed E-state index contributed by atoms with van der Waals surface area (Å²) < 4.78 is 27.7. The van der Waals surface area contributed by atoms with Crippen LogP contribution in [0.4, 0.5) is 0 Å². The topological polar surface area (TPSA) is 110 Å². The van der Waals surface area contributed by atoms with Crippen LogP contribution in [-0.4, -0.2) is 37.8 Å². The lowest BCUT2D eigenvalue weighted by Gasteiger charge is -2.17. The van der Waals surface area contributed by atoms with Gasteiger partial charge in [0.15, 0.2) is 0 Å². The molecule has 0 radical (unpaired) electrons. The molecule has 152 valence electrons. The van der Waals surface area contributed by atoms with Crippen LogP contribution >= 0.6 is 0 Å². The number of nitrogens with one attached hydrogen (secondary N) is 1. The van der Waals surface area contributed by atoms with Crippen LogP contribution < -0.4 is 4.72 Å². The molecule has 3 rings (SSSR count). The quantitative estimate of drug-likeness (QED) is 0.746. The average Bonchev–Trinajstić information content (AvgIpc) is 2.90. The number of rotatable bonds is 5. The van der Waals surface area contributed by atoms with E-state index in [1.807, 2.05) is 6.07 Å². The van der Waals surface area contributed by atoms with Crippen molar-refractivity contribution in [3.05, 3.63) is 63.7 Å². The number of carbonyl (C=O) groups excluding carboxylic acids is 3. The minimum Gasteiger partial charge on any atom is -0.328 e. The van der Waals surface area contributed by atoms with Gasteiger partial charge in [0, 0.05) is 0 Å². The maximum absolute atomic E-state index is 12.8. The molecule has 0 bridgehead atoms. The SMILES string of the molecule is Cc1cc(C)c(C)c(S(=O)(=O)NCC(=O)ON2C(=O)c3ccccc3C2=O)c1C. The van der Waals surface area contributed by atoms with Gasteiger partial charge in [0.1, 0.15) is 6.54 Å². The van der Waals surface area contributed by atoms with Crippen molar-refractivity contribution >= 4 is 27.8 Å². The van der Waals surface area contributed by atoms with E-state index in [0.717, 1.165) is 11.1 Å². The molecule has 0 aromatic heterocycles. The van der Waals surface area contributed by atoms with Gasteiger partial charge in [-0.15, -0.1) is 0 Å². The van der Waals surface area contributed by atoms with E-state index in [0.29, 0.717) is 16.2 Å². The third-order valence-corrected chi connectivity index (χ3v) is 6.60. The fourth-order valence-corrected chi connectivity index (χ4v) is 4.77. The Labute approximate surface area is 168 Å². The number of benzene rings is 2. The van der Waals surface area contributed by atoms with Gasteiger partial charge in [-0.1, -0.05) is 23.3 Å². The Bertz CT molecular complexity index is 1090. The van der Waals surface area contributed by atoms with Crippen LogP contribution in [-0.2, 0) is 19.7 Å². The predicted molar refractivity (Wildman–Crippen MR) is 104 cm³/mol. The number of imide groups is 1. The van der Waals surface area contributed by atoms with Crippen molar-refractivity contribution in [2.75, 3.05) is 6.54 Å². The van der Waals surface area contributed by atoms with E-state index < -0.39 is 34.4 Å². The summed E-state index contributed by atoms with van der Waals surface area (Å²) in [5.74, 6) is -2.63. The zero-order valence-corrected chi connectivity index (χ0v) is 17.2. The summed E-state index contributed by atoms with van der Waals surface area (Å²) in [6.07, 6.45) is 0. The molecular weight excluding hydrogens is 396 g/mol. The highest BCUT2D eigenvalue weighted by molar-refractivity contribution is 7.89. The molecular formula is C20H20N2O6S. The van der Waals surface area contributed by atoms with E-state index >= 15 is 0 Å². The molecule has 1 N–H and O–H groups in total. The fourth-order valence-electron chi connectivity index (χ4n) is 3.19. The summed E-state index contributed by atoms with van der Waals surface area (Å²) in [5, 5.41) is 0.342. The Morgan fingerprint density at radius 3 is 1.93 bits per heavy atom. The van der Waals surface area contributed by atoms with Crippen LogP contribution in [0, 0.1) is 27.7 Å². The number of hydrogen-bond donors (Lipinski definition) is 1. The van der Waals surface area contributed by atoms with E-state index in [1.54, 1.807) is 39.8 Å². The van der Waals surface area contributed by atoms with Crippen molar-refractivity contribution in [3.8, 4) is 0 Å². The number of aryl methyl sites for hydroxylation is 2. The third-order valence-electron chi connectivity index (χ3n) is 4.92. The van der Waals surface area contributed by atoms with Crippen LogP contribution in [0.2, 0.25) is 0 Å². The van der Waals surface area contributed by atoms with Crippen LogP contribution in [0.5, 0.6) is 0 Å². The predicted octanol–water partition coefficient (Wildman–Crippen LogP) is 1.95. The van der Waals surface area contributed by atoms with Crippen molar-refractivity contribution < 1.29 is 27.6 Å². The molecule has 0 saturated carbocycles. The standard InChI is InChI=1S/C20H20N2O6S/c1-11-9-12(2)14(4)18(13(11)3)29(26,27)21-10-17(23)28-22-19(24)15-7-5-6-8-16(15)20(22)25/h5-9,21H,10H2,1-4H3. The second-order valence-corrected chi connectivity index (χ2v) is 8.53. The second kappa shape index (κ2) is 7.41. The van der Waals surface area contributed by atoms with Crippen molar-refractivity contribution in [2.45, 2.75) is 32.6 Å². The molecule has 0 unspecified atom stereocenters. The minimum absolute atomic E-state index is 0.100. The van der Waals surface area contributed by atoms with Gasteiger partial charge in [0.25, 0.3) is 11.8 Å². The first-order valence-electron chi connectivity index (χ1n) is 8.80. The molecule has 8 nitrogen and oxygen atoms in total. The zero-order valence-electron chi connectivity index (χ0n) is 16.4. The molecule has 0 saturated heterocycles. The molecule has 29 heavy (non-hydrogen) atoms. The Morgan fingerprint density at radius 2 is 1.45 bits per heavy atom. The van der Waals surface area contributed by atoms with E-state index in [2.05, 4.69) is 4.72 Å². The summed E-state index contributed by atoms with van der Waals surface area (Å²) in [5.41, 5.74) is 3.01. The van der Waals surface area contributed by atoms with Crippen LogP contribution in [0.15, 0.2) is 35.2 Å². The fraction of sp³-hybridized carbons (Fsp3) is 0.250. The number of nitrogens with zero attached hydrogens (tertiary/aromatic N) is 1. The summed E-state index contributed by atoms with van der Waals surface area (Å²) in [6.45, 7) is 6.25. The van der Waals surface area contributed by atoms with E-state index in [4.69, 9.17) is 4.84 Å². The second-order valence-electron chi connectivity index (χ2n) is 6.83. The first-order valence-corrected chi connectivity index (χ1v) is 10.3. The van der Waals surface area contributed by atoms with Crippen molar-refractivity contribution in [2.24, 2.45) is 0 Å². The largest absolute Gasteiger partial charge is 0.347 e. The maximum atomic E-state index is 12.8. The van der Waals surface area contributed by atoms with E-state index in [-0.39, 0.29) is 16.0 Å². The lowest BCUT2D eigenvalue weighted by Crippen LogP contribution is -2.38. The van der Waals surface area contributed by atoms with Crippen molar-refractivity contribution in [1.82, 2.24) is 9.79 Å². The van der Waals surface area contributed by atoms with Gasteiger partial charge in [-0.05, 0) is 62.1 Å². The normalized spacial score (nSPS) is 13.6. The van der Waals surface area contributed by atoms with Crippen molar-refractivity contribution in [3.63, 3.8) is 0 Å². The van der Waals surface area contributed by atoms with Gasteiger partial charge in [-0.3, -0.25) is 9.59 Å². The molecule has 0 spiro atoms. The molecule has 2 amide bonds. The van der Waals surface area contributed by atoms with E-state index in [1.165, 1.54) is 12.1 Å². The monoisotopic (exact) mass is 416 g/mol.